The zero-order valence-electron chi connectivity index (χ0n) is 48.8. The zero-order valence-corrected chi connectivity index (χ0v) is 48.8. The topological polar surface area (TPSA) is 288 Å². The summed E-state index contributed by atoms with van der Waals surface area (Å²) in [6.45, 7) is 18.4. The molecule has 0 spiro atoms. The van der Waals surface area contributed by atoms with Crippen LogP contribution in [0.2, 0.25) is 0 Å². The Kier molecular flexibility index (Phi) is 24.3. The molecule has 3 aliphatic rings. The summed E-state index contributed by atoms with van der Waals surface area (Å²) in [5.41, 5.74) is 0.571. The fourth-order valence-electron chi connectivity index (χ4n) is 10.5. The number of nitrogens with zero attached hydrogens (tertiary/aromatic N) is 4. The molecular weight excluding hydrogens is 1020 g/mol. The van der Waals surface area contributed by atoms with Crippen molar-refractivity contribution in [2.75, 3.05) is 34.3 Å². The standard InChI is InChI=1S/C57H89N7O15/c1-15-33(8)46-44(66)29-45(67)79-49(32(6)7)48(68)34(9)50(69)58-39(26-30(2)3)54(73)64-25-17-19-41(64)56(75)62(13)43(28-37-20-22-38(77-14)23-21-37)57(76)78-36(11)47(52(71)59-46)60-51(70)42(27-31(4)5)61(12)55(74)40-18-16-24-63(40)53(72)35(10)65/h20-23,30-36,39-44,46-47,49,65-66H,15-19,24-29H2,1-14H3,(H,58,69)(H,59,71)(H,60,70)/t33?,34-,35?,36+,39-,40?,41-,42+,43-,44-,46?,47-,49-/m0/s1. The predicted molar refractivity (Wildman–Crippen MR) is 290 cm³/mol. The van der Waals surface area contributed by atoms with Crippen molar-refractivity contribution in [3.63, 3.8) is 0 Å². The van der Waals surface area contributed by atoms with E-state index in [0.29, 0.717) is 30.6 Å². The van der Waals surface area contributed by atoms with Crippen LogP contribution in [0, 0.1) is 29.6 Å². The van der Waals surface area contributed by atoms with Crippen LogP contribution in [0.4, 0.5) is 0 Å². The molecule has 1 aromatic carbocycles. The van der Waals surface area contributed by atoms with Crippen molar-refractivity contribution in [3.8, 4) is 5.75 Å². The van der Waals surface area contributed by atoms with Gasteiger partial charge in [0.2, 0.25) is 35.4 Å². The number of aliphatic hydroxyl groups is 2. The molecule has 3 aliphatic heterocycles. The summed E-state index contributed by atoms with van der Waals surface area (Å²) in [6, 6.07) is -2.19. The Morgan fingerprint density at radius 3 is 2.06 bits per heavy atom. The van der Waals surface area contributed by atoms with Gasteiger partial charge in [-0.2, -0.15) is 0 Å². The Labute approximate surface area is 465 Å². The smallest absolute Gasteiger partial charge is 0.329 e. The molecule has 5 N–H and O–H groups in total. The molecule has 4 rings (SSSR count). The molecule has 0 saturated carbocycles. The van der Waals surface area contributed by atoms with E-state index >= 15 is 4.79 Å². The molecule has 0 radical (unpaired) electrons. The lowest BCUT2D eigenvalue weighted by Crippen LogP contribution is -2.62. The van der Waals surface area contributed by atoms with Gasteiger partial charge in [0.25, 0.3) is 5.91 Å². The van der Waals surface area contributed by atoms with E-state index in [1.54, 1.807) is 52.0 Å². The monoisotopic (exact) mass is 1110 g/mol. The van der Waals surface area contributed by atoms with Gasteiger partial charge in [-0.15, -0.1) is 0 Å². The van der Waals surface area contributed by atoms with Gasteiger partial charge in [0.05, 0.1) is 31.6 Å². The van der Waals surface area contributed by atoms with Gasteiger partial charge in [0.15, 0.2) is 11.9 Å². The average molecular weight is 1110 g/mol. The summed E-state index contributed by atoms with van der Waals surface area (Å²) in [5.74, 6) is -10.3. The Bertz CT molecular complexity index is 2330. The second-order valence-corrected chi connectivity index (χ2v) is 23.0. The number of nitrogens with one attached hydrogen (secondary N) is 3. The number of ketones is 1. The molecule has 442 valence electrons. The van der Waals surface area contributed by atoms with Crippen LogP contribution in [-0.2, 0) is 63.8 Å². The molecule has 22 heteroatoms. The summed E-state index contributed by atoms with van der Waals surface area (Å²) in [6.07, 6.45) is -4.99. The number of fused-ring (bicyclic) bond motifs is 1. The molecule has 0 aliphatic carbocycles. The number of ether oxygens (including phenoxy) is 3. The molecule has 7 amide bonds. The molecule has 1 aromatic rings. The van der Waals surface area contributed by atoms with Crippen LogP contribution in [0.1, 0.15) is 133 Å². The molecule has 0 bridgehead atoms. The molecule has 79 heavy (non-hydrogen) atoms. The van der Waals surface area contributed by atoms with Crippen LogP contribution in [0.15, 0.2) is 24.3 Å². The van der Waals surface area contributed by atoms with Crippen LogP contribution >= 0.6 is 0 Å². The molecule has 3 heterocycles. The van der Waals surface area contributed by atoms with E-state index in [4.69, 9.17) is 14.2 Å². The number of rotatable bonds is 15. The summed E-state index contributed by atoms with van der Waals surface area (Å²) in [5, 5.41) is 30.2. The maximum Gasteiger partial charge on any atom is 0.329 e. The van der Waals surface area contributed by atoms with E-state index in [9.17, 15) is 53.4 Å². The van der Waals surface area contributed by atoms with E-state index < -0.39 is 150 Å². The Morgan fingerprint density at radius 2 is 1.49 bits per heavy atom. The highest BCUT2D eigenvalue weighted by Gasteiger charge is 2.46. The van der Waals surface area contributed by atoms with E-state index in [-0.39, 0.29) is 57.0 Å². The number of benzene rings is 1. The normalized spacial score (nSPS) is 27.7. The van der Waals surface area contributed by atoms with Gasteiger partial charge in [-0.3, -0.25) is 43.2 Å². The van der Waals surface area contributed by atoms with Crippen molar-refractivity contribution in [2.24, 2.45) is 29.6 Å². The third-order valence-corrected chi connectivity index (χ3v) is 15.5. The highest BCUT2D eigenvalue weighted by atomic mass is 16.6. The number of carbonyl (C=O) groups excluding carboxylic acids is 10. The molecule has 4 unspecified atom stereocenters. The molecular formula is C57H89N7O15. The zero-order chi connectivity index (χ0) is 59.3. The predicted octanol–water partition coefficient (Wildman–Crippen LogP) is 2.32. The number of hydrogen-bond acceptors (Lipinski definition) is 15. The minimum atomic E-state index is -1.76. The van der Waals surface area contributed by atoms with E-state index in [1.807, 2.05) is 27.7 Å². The number of Topliss-reactive ketones (excluding diaryl/α,β-unsaturated/α-hetero) is 1. The van der Waals surface area contributed by atoms with E-state index in [0.717, 1.165) is 0 Å². The van der Waals surface area contributed by atoms with Gasteiger partial charge in [-0.05, 0) is 101 Å². The second kappa shape index (κ2) is 29.3. The number of hydrogen-bond donors (Lipinski definition) is 5. The van der Waals surface area contributed by atoms with Crippen molar-refractivity contribution in [1.29, 1.82) is 0 Å². The van der Waals surface area contributed by atoms with Crippen LogP contribution in [0.5, 0.6) is 5.75 Å². The number of esters is 2. The molecule has 3 fully saturated rings. The first-order valence-corrected chi connectivity index (χ1v) is 28.0. The maximum absolute atomic E-state index is 15.0. The van der Waals surface area contributed by atoms with Crippen molar-refractivity contribution in [2.45, 2.75) is 201 Å². The highest BCUT2D eigenvalue weighted by molar-refractivity contribution is 6.05. The lowest BCUT2D eigenvalue weighted by Gasteiger charge is -2.36. The van der Waals surface area contributed by atoms with Gasteiger partial charge in [0, 0.05) is 33.6 Å². The van der Waals surface area contributed by atoms with Crippen LogP contribution in [-0.4, -0.2) is 190 Å². The SMILES string of the molecule is CCC(C)C1NC(=O)[C@@H](NC(=O)[C@@H](CC(C)C)N(C)C(=O)C2CCCN2C(=O)C(C)O)[C@@H](C)OC(=O)[C@H](Cc2ccc(OC)cc2)N(C)C(=O)[C@@H]2CCCN2C(=O)[C@H](CC(C)C)NC(=O)[C@@H](C)C(=O)[C@H](C(C)C)OC(=O)C[C@@H]1O. The summed E-state index contributed by atoms with van der Waals surface area (Å²) < 4.78 is 17.2. The van der Waals surface area contributed by atoms with Gasteiger partial charge in [0.1, 0.15) is 54.2 Å². The largest absolute Gasteiger partial charge is 0.497 e. The molecule has 0 aromatic heterocycles. The number of cyclic esters (lactones) is 2. The van der Waals surface area contributed by atoms with Gasteiger partial charge in [-0.1, -0.05) is 73.9 Å². The molecule has 3 saturated heterocycles. The number of likely N-dealkylation sites (tertiary alicyclic amines) is 1. The quantitative estimate of drug-likeness (QED) is 0.124. The van der Waals surface area contributed by atoms with Crippen molar-refractivity contribution < 1.29 is 72.4 Å². The van der Waals surface area contributed by atoms with Gasteiger partial charge >= 0.3 is 11.9 Å². The Morgan fingerprint density at radius 1 is 0.861 bits per heavy atom. The number of methoxy groups -OCH3 is 1. The van der Waals surface area contributed by atoms with Gasteiger partial charge < -0.3 is 60.0 Å². The Balaban J connectivity index is 1.89. The van der Waals surface area contributed by atoms with Crippen molar-refractivity contribution in [1.82, 2.24) is 35.6 Å². The average Bonchev–Trinajstić information content (AvgIpc) is 4.13. The number of aliphatic hydroxyl groups excluding tert-OH is 2. The summed E-state index contributed by atoms with van der Waals surface area (Å²) in [4.78, 5) is 149. The van der Waals surface area contributed by atoms with Crippen LogP contribution in [0.3, 0.4) is 0 Å². The third kappa shape index (κ3) is 16.9. The van der Waals surface area contributed by atoms with Crippen molar-refractivity contribution in [3.05, 3.63) is 29.8 Å². The highest BCUT2D eigenvalue weighted by Crippen LogP contribution is 2.27. The minimum Gasteiger partial charge on any atom is -0.497 e. The fraction of sp³-hybridized carbons (Fsp3) is 0.719. The molecule has 22 nitrogen and oxygen atoms in total. The first-order valence-electron chi connectivity index (χ1n) is 28.0. The third-order valence-electron chi connectivity index (χ3n) is 15.5. The van der Waals surface area contributed by atoms with Crippen LogP contribution < -0.4 is 20.7 Å². The van der Waals surface area contributed by atoms with Gasteiger partial charge in [-0.25, -0.2) is 4.79 Å². The molecule has 13 atom stereocenters. The first-order chi connectivity index (χ1) is 37.0. The number of carbonyl (C=O) groups is 10. The summed E-state index contributed by atoms with van der Waals surface area (Å²) >= 11 is 0. The summed E-state index contributed by atoms with van der Waals surface area (Å²) in [7, 11) is 4.29. The second-order valence-electron chi connectivity index (χ2n) is 23.0. The Hall–Kier alpha value is -6.16. The lowest BCUT2D eigenvalue weighted by atomic mass is 9.91. The fourth-order valence-corrected chi connectivity index (χ4v) is 10.5. The van der Waals surface area contributed by atoms with Crippen molar-refractivity contribution >= 4 is 59.1 Å². The number of likely N-dealkylation sites (N-methyl/N-ethyl adjacent to an activating group) is 2. The van der Waals surface area contributed by atoms with E-state index in [1.165, 1.54) is 61.6 Å². The lowest BCUT2D eigenvalue weighted by molar-refractivity contribution is -0.163. The number of amides is 7. The minimum absolute atomic E-state index is 0.0720. The van der Waals surface area contributed by atoms with E-state index in [2.05, 4.69) is 16.0 Å². The first kappa shape index (κ1) is 65.4. The maximum atomic E-state index is 15.0. The van der Waals surface area contributed by atoms with Crippen LogP contribution in [0.25, 0.3) is 0 Å².